The minimum absolute atomic E-state index is 0.153. The molecule has 1 aliphatic rings. The van der Waals surface area contributed by atoms with Gasteiger partial charge in [0.2, 0.25) is 5.91 Å². The van der Waals surface area contributed by atoms with Gasteiger partial charge in [0.1, 0.15) is 0 Å². The molecule has 3 rings (SSSR count). The van der Waals surface area contributed by atoms with Crippen LogP contribution in [0, 0.1) is 5.92 Å². The number of carboxylic acid groups (broad SMARTS) is 1. The van der Waals surface area contributed by atoms with Gasteiger partial charge in [0.25, 0.3) is 0 Å². The lowest BCUT2D eigenvalue weighted by Crippen LogP contribution is -2.46. The van der Waals surface area contributed by atoms with Crippen molar-refractivity contribution in [1.82, 2.24) is 9.88 Å². The van der Waals surface area contributed by atoms with Crippen LogP contribution in [0.4, 0.5) is 13.2 Å². The van der Waals surface area contributed by atoms with E-state index >= 15 is 0 Å². The van der Waals surface area contributed by atoms with Crippen molar-refractivity contribution < 1.29 is 32.6 Å². The Hall–Kier alpha value is -2.94. The second-order valence-corrected chi connectivity index (χ2v) is 7.21. The molecule has 0 radical (unpaired) electrons. The van der Waals surface area contributed by atoms with E-state index in [1.54, 1.807) is 19.3 Å². The fourth-order valence-corrected chi connectivity index (χ4v) is 3.31. The highest BCUT2D eigenvalue weighted by atomic mass is 19.4. The van der Waals surface area contributed by atoms with Crippen molar-refractivity contribution in [2.45, 2.75) is 38.7 Å². The molecule has 1 saturated heterocycles. The molecular formula is C22H25F3N2O4. The number of alkyl halides is 3. The number of rotatable bonds is 5. The molecule has 0 bridgehead atoms. The van der Waals surface area contributed by atoms with Gasteiger partial charge in [-0.25, -0.2) is 4.79 Å². The fourth-order valence-electron chi connectivity index (χ4n) is 3.31. The molecule has 2 atom stereocenters. The summed E-state index contributed by atoms with van der Waals surface area (Å²) in [6.45, 7) is 3.79. The molecule has 1 fully saturated rings. The average molecular weight is 438 g/mol. The van der Waals surface area contributed by atoms with E-state index < -0.39 is 12.1 Å². The van der Waals surface area contributed by atoms with E-state index in [2.05, 4.69) is 29.2 Å². The maximum Gasteiger partial charge on any atom is 0.490 e. The molecule has 31 heavy (non-hydrogen) atoms. The van der Waals surface area contributed by atoms with Gasteiger partial charge >= 0.3 is 12.1 Å². The number of halogens is 3. The van der Waals surface area contributed by atoms with Crippen molar-refractivity contribution in [3.8, 4) is 0 Å². The predicted octanol–water partition coefficient (Wildman–Crippen LogP) is 3.71. The first kappa shape index (κ1) is 24.3. The van der Waals surface area contributed by atoms with E-state index in [1.807, 2.05) is 23.1 Å². The summed E-state index contributed by atoms with van der Waals surface area (Å²) in [7, 11) is 0. The van der Waals surface area contributed by atoms with Crippen molar-refractivity contribution in [2.75, 3.05) is 13.1 Å². The number of likely N-dealkylation sites (tertiary alicyclic amines) is 1. The lowest BCUT2D eigenvalue weighted by atomic mass is 9.88. The molecule has 1 aromatic heterocycles. The van der Waals surface area contributed by atoms with Crippen molar-refractivity contribution in [3.63, 3.8) is 0 Å². The Balaban J connectivity index is 0.000000423. The predicted molar refractivity (Wildman–Crippen MR) is 107 cm³/mol. The van der Waals surface area contributed by atoms with Crippen LogP contribution in [0.5, 0.6) is 0 Å². The molecule has 0 saturated carbocycles. The molecule has 0 unspecified atom stereocenters. The first-order valence-corrected chi connectivity index (χ1v) is 9.77. The number of aromatic nitrogens is 1. The van der Waals surface area contributed by atoms with Crippen LogP contribution in [-0.4, -0.2) is 52.2 Å². The van der Waals surface area contributed by atoms with Gasteiger partial charge < -0.3 is 14.7 Å². The molecule has 6 nitrogen and oxygen atoms in total. The van der Waals surface area contributed by atoms with E-state index in [0.717, 1.165) is 31.5 Å². The molecule has 9 heteroatoms. The van der Waals surface area contributed by atoms with Crippen molar-refractivity contribution >= 4 is 11.9 Å². The highest BCUT2D eigenvalue weighted by Crippen LogP contribution is 2.25. The second kappa shape index (κ2) is 11.5. The van der Waals surface area contributed by atoms with Crippen LogP contribution in [0.3, 0.4) is 0 Å². The van der Waals surface area contributed by atoms with Crippen LogP contribution >= 0.6 is 0 Å². The van der Waals surface area contributed by atoms with Crippen LogP contribution < -0.4 is 0 Å². The quantitative estimate of drug-likeness (QED) is 0.770. The van der Waals surface area contributed by atoms with Gasteiger partial charge in [0, 0.05) is 38.3 Å². The van der Waals surface area contributed by atoms with Crippen molar-refractivity contribution in [2.24, 2.45) is 5.92 Å². The van der Waals surface area contributed by atoms with E-state index in [1.165, 1.54) is 5.56 Å². The van der Waals surface area contributed by atoms with Gasteiger partial charge in [0.15, 0.2) is 0 Å². The van der Waals surface area contributed by atoms with E-state index in [-0.39, 0.29) is 12.0 Å². The zero-order valence-electron chi connectivity index (χ0n) is 17.1. The van der Waals surface area contributed by atoms with E-state index in [9.17, 15) is 18.0 Å². The first-order chi connectivity index (χ1) is 14.7. The number of ether oxygens (including phenoxy) is 1. The lowest BCUT2D eigenvalue weighted by Gasteiger charge is -2.38. The van der Waals surface area contributed by atoms with Crippen LogP contribution in [0.1, 0.15) is 24.5 Å². The van der Waals surface area contributed by atoms with Crippen molar-refractivity contribution in [3.05, 3.63) is 66.0 Å². The summed E-state index contributed by atoms with van der Waals surface area (Å²) >= 11 is 0. The average Bonchev–Trinajstić information content (AvgIpc) is 2.74. The second-order valence-electron chi connectivity index (χ2n) is 7.21. The number of benzene rings is 1. The summed E-state index contributed by atoms with van der Waals surface area (Å²) < 4.78 is 38.0. The SMILES string of the molecule is CC(=O)N1CC[C@@H](OCc2ccncc2)[C@@H](Cc2ccccc2)C1.O=C(O)C(F)(F)F. The third kappa shape index (κ3) is 8.37. The van der Waals surface area contributed by atoms with Gasteiger partial charge in [-0.15, -0.1) is 0 Å². The van der Waals surface area contributed by atoms with Crippen LogP contribution in [0.2, 0.25) is 0 Å². The lowest BCUT2D eigenvalue weighted by molar-refractivity contribution is -0.192. The standard InChI is InChI=1S/C20H24N2O2.C2HF3O2/c1-16(23)22-12-9-20(24-15-18-7-10-21-11-8-18)19(14-22)13-17-5-3-2-4-6-17;3-2(4,5)1(6)7/h2-8,10-11,19-20H,9,12-15H2,1H3;(H,6,7)/t19-,20+;/m0./s1. The molecule has 1 N–H and O–H groups in total. The minimum Gasteiger partial charge on any atom is -0.475 e. The number of nitrogens with zero attached hydrogens (tertiary/aromatic N) is 2. The van der Waals surface area contributed by atoms with Crippen LogP contribution in [0.15, 0.2) is 54.9 Å². The summed E-state index contributed by atoms with van der Waals surface area (Å²) in [6.07, 6.45) is 0.499. The highest BCUT2D eigenvalue weighted by Gasteiger charge is 2.38. The largest absolute Gasteiger partial charge is 0.490 e. The molecule has 1 aromatic carbocycles. The summed E-state index contributed by atoms with van der Waals surface area (Å²) in [5, 5.41) is 7.12. The van der Waals surface area contributed by atoms with E-state index in [0.29, 0.717) is 12.5 Å². The minimum atomic E-state index is -5.08. The molecule has 1 amide bonds. The van der Waals surface area contributed by atoms with Gasteiger partial charge in [-0.3, -0.25) is 9.78 Å². The monoisotopic (exact) mass is 438 g/mol. The Kier molecular flexibility index (Phi) is 8.99. The van der Waals surface area contributed by atoms with Crippen LogP contribution in [-0.2, 0) is 27.4 Å². The molecule has 168 valence electrons. The zero-order chi connectivity index (χ0) is 22.9. The fraction of sp³-hybridized carbons (Fsp3) is 0.409. The van der Waals surface area contributed by atoms with Crippen molar-refractivity contribution in [1.29, 1.82) is 0 Å². The molecule has 0 spiro atoms. The summed E-state index contributed by atoms with van der Waals surface area (Å²) in [6, 6.07) is 14.4. The molecule has 2 heterocycles. The molecule has 1 aliphatic heterocycles. The van der Waals surface area contributed by atoms with Gasteiger partial charge in [-0.2, -0.15) is 13.2 Å². The summed E-state index contributed by atoms with van der Waals surface area (Å²) in [5.74, 6) is -2.28. The third-order valence-corrected chi connectivity index (χ3v) is 4.91. The summed E-state index contributed by atoms with van der Waals surface area (Å²) in [4.78, 5) is 26.6. The highest BCUT2D eigenvalue weighted by molar-refractivity contribution is 5.73. The molecule has 2 aromatic rings. The number of piperidine rings is 1. The smallest absolute Gasteiger partial charge is 0.475 e. The maximum atomic E-state index is 11.8. The number of carbonyl (C=O) groups excluding carboxylic acids is 1. The molecular weight excluding hydrogens is 413 g/mol. The Labute approximate surface area is 178 Å². The third-order valence-electron chi connectivity index (χ3n) is 4.91. The number of amides is 1. The number of pyridine rings is 1. The number of hydrogen-bond acceptors (Lipinski definition) is 4. The summed E-state index contributed by atoms with van der Waals surface area (Å²) in [5.41, 5.74) is 2.43. The normalized spacial score (nSPS) is 18.6. The number of carbonyl (C=O) groups is 2. The zero-order valence-corrected chi connectivity index (χ0v) is 17.1. The Morgan fingerprint density at radius 3 is 2.29 bits per heavy atom. The van der Waals surface area contributed by atoms with Gasteiger partial charge in [-0.05, 0) is 36.1 Å². The van der Waals surface area contributed by atoms with E-state index in [4.69, 9.17) is 14.6 Å². The molecule has 0 aliphatic carbocycles. The number of hydrogen-bond donors (Lipinski definition) is 1. The van der Waals surface area contributed by atoms with Crippen LogP contribution in [0.25, 0.3) is 0 Å². The maximum absolute atomic E-state index is 11.8. The Morgan fingerprint density at radius 2 is 1.74 bits per heavy atom. The Bertz CT molecular complexity index is 832. The van der Waals surface area contributed by atoms with Gasteiger partial charge in [0.05, 0.1) is 12.7 Å². The first-order valence-electron chi connectivity index (χ1n) is 9.77. The number of carboxylic acids is 1. The topological polar surface area (TPSA) is 79.7 Å². The van der Waals surface area contributed by atoms with Gasteiger partial charge in [-0.1, -0.05) is 30.3 Å². The Morgan fingerprint density at radius 1 is 1.13 bits per heavy atom. The number of aliphatic carboxylic acids is 1.